The highest BCUT2D eigenvalue weighted by Crippen LogP contribution is 2.17. The predicted octanol–water partition coefficient (Wildman–Crippen LogP) is 2.89. The van der Waals surface area contributed by atoms with Gasteiger partial charge in [-0.25, -0.2) is 0 Å². The van der Waals surface area contributed by atoms with Crippen LogP contribution in [0.2, 0.25) is 0 Å². The van der Waals surface area contributed by atoms with Gasteiger partial charge in [0.1, 0.15) is 0 Å². The topological polar surface area (TPSA) is 49.3 Å². The third-order valence-electron chi connectivity index (χ3n) is 2.68. The molecule has 0 saturated heterocycles. The Kier molecular flexibility index (Phi) is 5.82. The average Bonchev–Trinajstić information content (AvgIpc) is 2.28. The second-order valence-electron chi connectivity index (χ2n) is 4.96. The summed E-state index contributed by atoms with van der Waals surface area (Å²) in [7, 11) is 0. The van der Waals surface area contributed by atoms with E-state index in [1.165, 1.54) is 0 Å². The van der Waals surface area contributed by atoms with Crippen LogP contribution in [0, 0.1) is 12.8 Å². The zero-order valence-corrected chi connectivity index (χ0v) is 12.6. The number of hydrogen-bond acceptors (Lipinski definition) is 2. The second-order valence-corrected chi connectivity index (χ2v) is 5.81. The molecule has 2 N–H and O–H groups in total. The molecule has 0 spiro atoms. The Morgan fingerprint density at radius 3 is 2.67 bits per heavy atom. The highest BCUT2D eigenvalue weighted by Gasteiger charge is 2.11. The number of carbonyl (C=O) groups is 1. The molecule has 1 aromatic carbocycles. The molecule has 100 valence electrons. The van der Waals surface area contributed by atoms with Crippen molar-refractivity contribution in [2.75, 3.05) is 6.54 Å². The zero-order chi connectivity index (χ0) is 13.7. The maximum absolute atomic E-state index is 11.9. The van der Waals surface area contributed by atoms with E-state index in [0.29, 0.717) is 24.4 Å². The van der Waals surface area contributed by atoms with Crippen molar-refractivity contribution in [3.05, 3.63) is 33.8 Å². The van der Waals surface area contributed by atoms with E-state index in [-0.39, 0.29) is 5.91 Å². The summed E-state index contributed by atoms with van der Waals surface area (Å²) in [6, 6.07) is 5.47. The largest absolute Gasteiger partial charge is 0.391 e. The summed E-state index contributed by atoms with van der Waals surface area (Å²) in [5.74, 6) is 0.268. The first kappa shape index (κ1) is 15.2. The van der Waals surface area contributed by atoms with Gasteiger partial charge in [0.25, 0.3) is 5.91 Å². The summed E-state index contributed by atoms with van der Waals surface area (Å²) in [5.41, 5.74) is 1.69. The summed E-state index contributed by atoms with van der Waals surface area (Å²) in [4.78, 5) is 11.9. The van der Waals surface area contributed by atoms with Crippen molar-refractivity contribution in [3.63, 3.8) is 0 Å². The number of benzene rings is 1. The Morgan fingerprint density at radius 2 is 2.11 bits per heavy atom. The lowest BCUT2D eigenvalue weighted by Crippen LogP contribution is -2.32. The number of aryl methyl sites for hydroxylation is 1. The van der Waals surface area contributed by atoms with E-state index in [2.05, 4.69) is 21.2 Å². The van der Waals surface area contributed by atoms with Gasteiger partial charge in [-0.05, 0) is 37.0 Å². The average molecular weight is 314 g/mol. The van der Waals surface area contributed by atoms with Crippen LogP contribution in [-0.4, -0.2) is 23.7 Å². The van der Waals surface area contributed by atoms with Crippen molar-refractivity contribution in [3.8, 4) is 0 Å². The minimum atomic E-state index is -0.483. The van der Waals surface area contributed by atoms with Crippen molar-refractivity contribution >= 4 is 21.8 Å². The molecule has 0 aliphatic rings. The lowest BCUT2D eigenvalue weighted by molar-refractivity contribution is 0.0900. The Morgan fingerprint density at radius 1 is 1.44 bits per heavy atom. The first-order chi connectivity index (χ1) is 8.40. The Bertz CT molecular complexity index is 418. The van der Waals surface area contributed by atoms with Gasteiger partial charge in [-0.3, -0.25) is 4.79 Å². The molecule has 0 aromatic heterocycles. The Labute approximate surface area is 117 Å². The van der Waals surface area contributed by atoms with E-state index in [0.717, 1.165) is 10.0 Å². The summed E-state index contributed by atoms with van der Waals surface area (Å²) in [6.07, 6.45) is 0.209. The quantitative estimate of drug-likeness (QED) is 0.878. The molecule has 1 atom stereocenters. The van der Waals surface area contributed by atoms with Gasteiger partial charge in [0, 0.05) is 16.6 Å². The smallest absolute Gasteiger partial charge is 0.251 e. The van der Waals surface area contributed by atoms with E-state index in [1.807, 2.05) is 26.8 Å². The summed E-state index contributed by atoms with van der Waals surface area (Å²) >= 11 is 3.40. The van der Waals surface area contributed by atoms with Gasteiger partial charge in [-0.1, -0.05) is 35.8 Å². The van der Waals surface area contributed by atoms with E-state index in [9.17, 15) is 9.90 Å². The maximum atomic E-state index is 11.9. The van der Waals surface area contributed by atoms with Crippen molar-refractivity contribution in [2.24, 2.45) is 5.92 Å². The number of nitrogens with one attached hydrogen (secondary N) is 1. The van der Waals surface area contributed by atoms with Crippen molar-refractivity contribution in [1.82, 2.24) is 5.32 Å². The molecule has 0 radical (unpaired) electrons. The van der Waals surface area contributed by atoms with Gasteiger partial charge >= 0.3 is 0 Å². The van der Waals surface area contributed by atoms with E-state index in [4.69, 9.17) is 0 Å². The van der Waals surface area contributed by atoms with Crippen LogP contribution in [0.3, 0.4) is 0 Å². The normalized spacial score (nSPS) is 12.6. The lowest BCUT2D eigenvalue weighted by Gasteiger charge is -2.14. The van der Waals surface area contributed by atoms with Gasteiger partial charge < -0.3 is 10.4 Å². The number of halogens is 1. The summed E-state index contributed by atoms with van der Waals surface area (Å²) < 4.78 is 0.915. The first-order valence-corrected chi connectivity index (χ1v) is 6.92. The third kappa shape index (κ3) is 4.78. The molecule has 0 fully saturated rings. The minimum Gasteiger partial charge on any atom is -0.391 e. The predicted molar refractivity (Wildman–Crippen MR) is 76.7 cm³/mol. The van der Waals surface area contributed by atoms with Gasteiger partial charge in [0.05, 0.1) is 6.10 Å². The molecule has 1 aromatic rings. The molecular formula is C14H20BrNO2. The number of aliphatic hydroxyl groups excluding tert-OH is 1. The Balaban J connectivity index is 2.52. The van der Waals surface area contributed by atoms with Crippen LogP contribution in [0.5, 0.6) is 0 Å². The van der Waals surface area contributed by atoms with Gasteiger partial charge in [0.15, 0.2) is 0 Å². The SMILES string of the molecule is Cc1ccc(C(=O)NCC(O)CC(C)C)cc1Br. The molecular weight excluding hydrogens is 294 g/mol. The van der Waals surface area contributed by atoms with Crippen molar-refractivity contribution < 1.29 is 9.90 Å². The van der Waals surface area contributed by atoms with Crippen molar-refractivity contribution in [2.45, 2.75) is 33.3 Å². The molecule has 0 aliphatic heterocycles. The monoisotopic (exact) mass is 313 g/mol. The number of rotatable bonds is 5. The highest BCUT2D eigenvalue weighted by atomic mass is 79.9. The first-order valence-electron chi connectivity index (χ1n) is 6.12. The number of carbonyl (C=O) groups excluding carboxylic acids is 1. The van der Waals surface area contributed by atoms with E-state index in [1.54, 1.807) is 12.1 Å². The zero-order valence-electron chi connectivity index (χ0n) is 11.0. The molecule has 1 amide bonds. The summed E-state index contributed by atoms with van der Waals surface area (Å²) in [5, 5.41) is 12.4. The second kappa shape index (κ2) is 6.90. The fourth-order valence-electron chi connectivity index (χ4n) is 1.67. The molecule has 4 heteroatoms. The van der Waals surface area contributed by atoms with Gasteiger partial charge in [-0.15, -0.1) is 0 Å². The van der Waals surface area contributed by atoms with Crippen LogP contribution >= 0.6 is 15.9 Å². The molecule has 0 aliphatic carbocycles. The standard InChI is InChI=1S/C14H20BrNO2/c1-9(2)6-12(17)8-16-14(18)11-5-4-10(3)13(15)7-11/h4-5,7,9,12,17H,6,8H2,1-3H3,(H,16,18). The molecule has 18 heavy (non-hydrogen) atoms. The Hall–Kier alpha value is -0.870. The van der Waals surface area contributed by atoms with Crippen LogP contribution < -0.4 is 5.32 Å². The third-order valence-corrected chi connectivity index (χ3v) is 3.53. The van der Waals surface area contributed by atoms with Crippen LogP contribution in [-0.2, 0) is 0 Å². The van der Waals surface area contributed by atoms with Crippen LogP contribution in [0.4, 0.5) is 0 Å². The fraction of sp³-hybridized carbons (Fsp3) is 0.500. The van der Waals surface area contributed by atoms with Gasteiger partial charge in [-0.2, -0.15) is 0 Å². The summed E-state index contributed by atoms with van der Waals surface area (Å²) in [6.45, 7) is 6.35. The van der Waals surface area contributed by atoms with E-state index >= 15 is 0 Å². The number of hydrogen-bond donors (Lipinski definition) is 2. The molecule has 0 bridgehead atoms. The molecule has 1 rings (SSSR count). The van der Waals surface area contributed by atoms with Crippen LogP contribution in [0.15, 0.2) is 22.7 Å². The highest BCUT2D eigenvalue weighted by molar-refractivity contribution is 9.10. The fourth-order valence-corrected chi connectivity index (χ4v) is 2.05. The molecule has 0 saturated carbocycles. The van der Waals surface area contributed by atoms with Crippen molar-refractivity contribution in [1.29, 1.82) is 0 Å². The van der Waals surface area contributed by atoms with Crippen LogP contribution in [0.1, 0.15) is 36.2 Å². The minimum absolute atomic E-state index is 0.154. The number of aliphatic hydroxyl groups is 1. The van der Waals surface area contributed by atoms with Crippen LogP contribution in [0.25, 0.3) is 0 Å². The molecule has 1 unspecified atom stereocenters. The van der Waals surface area contributed by atoms with Gasteiger partial charge in [0.2, 0.25) is 0 Å². The van der Waals surface area contributed by atoms with E-state index < -0.39 is 6.10 Å². The maximum Gasteiger partial charge on any atom is 0.251 e. The lowest BCUT2D eigenvalue weighted by atomic mass is 10.1. The molecule has 0 heterocycles. The molecule has 3 nitrogen and oxygen atoms in total. The number of amides is 1.